The first-order valence-corrected chi connectivity index (χ1v) is 6.69. The molecule has 5 heteroatoms. The monoisotopic (exact) mass is 312 g/mol. The lowest BCUT2D eigenvalue weighted by atomic mass is 10.2. The third-order valence-electron chi connectivity index (χ3n) is 2.63. The van der Waals surface area contributed by atoms with Crippen molar-refractivity contribution in [2.75, 3.05) is 19.6 Å². The summed E-state index contributed by atoms with van der Waals surface area (Å²) >= 11 is 3.30. The molecule has 0 bridgehead atoms. The molecule has 0 saturated heterocycles. The van der Waals surface area contributed by atoms with Crippen LogP contribution in [0.15, 0.2) is 28.7 Å². The lowest BCUT2D eigenvalue weighted by molar-refractivity contribution is -0.129. The number of hydrogen-bond acceptors (Lipinski definition) is 2. The zero-order valence-electron chi connectivity index (χ0n) is 10.6. The molecule has 0 aliphatic rings. The average Bonchev–Trinajstić information content (AvgIpc) is 2.38. The van der Waals surface area contributed by atoms with E-state index in [0.717, 1.165) is 4.47 Å². The van der Waals surface area contributed by atoms with Gasteiger partial charge in [0, 0.05) is 17.6 Å². The summed E-state index contributed by atoms with van der Waals surface area (Å²) in [7, 11) is 0. The van der Waals surface area contributed by atoms with Gasteiger partial charge in [0.25, 0.3) is 5.91 Å². The fourth-order valence-electron chi connectivity index (χ4n) is 1.58. The highest BCUT2D eigenvalue weighted by molar-refractivity contribution is 9.10. The molecule has 1 rings (SSSR count). The lowest BCUT2D eigenvalue weighted by Crippen LogP contribution is -2.40. The highest BCUT2D eigenvalue weighted by atomic mass is 79.9. The van der Waals surface area contributed by atoms with Crippen molar-refractivity contribution in [3.05, 3.63) is 34.3 Å². The number of benzene rings is 1. The Morgan fingerprint density at radius 3 is 2.39 bits per heavy atom. The van der Waals surface area contributed by atoms with Crippen LogP contribution in [0.25, 0.3) is 0 Å². The van der Waals surface area contributed by atoms with Crippen LogP contribution in [0.4, 0.5) is 0 Å². The Hall–Kier alpha value is -1.36. The summed E-state index contributed by atoms with van der Waals surface area (Å²) in [6.07, 6.45) is 0. The number of nitrogens with one attached hydrogen (secondary N) is 1. The second-order valence-corrected chi connectivity index (χ2v) is 4.58. The molecule has 0 aliphatic carbocycles. The van der Waals surface area contributed by atoms with Crippen LogP contribution in [-0.4, -0.2) is 36.3 Å². The first-order chi connectivity index (χ1) is 8.60. The van der Waals surface area contributed by atoms with E-state index in [4.69, 9.17) is 0 Å². The number of carbonyl (C=O) groups is 2. The van der Waals surface area contributed by atoms with Gasteiger partial charge in [-0.05, 0) is 41.9 Å². The van der Waals surface area contributed by atoms with Gasteiger partial charge in [0.15, 0.2) is 0 Å². The van der Waals surface area contributed by atoms with E-state index < -0.39 is 0 Å². The Kier molecular flexibility index (Phi) is 5.85. The summed E-state index contributed by atoms with van der Waals surface area (Å²) in [5.41, 5.74) is 0.532. The van der Waals surface area contributed by atoms with Crippen LogP contribution < -0.4 is 5.32 Å². The van der Waals surface area contributed by atoms with E-state index in [1.165, 1.54) is 0 Å². The molecule has 0 saturated carbocycles. The van der Waals surface area contributed by atoms with Crippen molar-refractivity contribution in [1.29, 1.82) is 0 Å². The van der Waals surface area contributed by atoms with Gasteiger partial charge in [-0.1, -0.05) is 12.1 Å². The minimum absolute atomic E-state index is 0.0296. The normalized spacial score (nSPS) is 9.94. The van der Waals surface area contributed by atoms with Crippen molar-refractivity contribution in [2.24, 2.45) is 0 Å². The zero-order chi connectivity index (χ0) is 13.5. The largest absolute Gasteiger partial charge is 0.343 e. The average molecular weight is 313 g/mol. The van der Waals surface area contributed by atoms with Gasteiger partial charge in [-0.2, -0.15) is 0 Å². The highest BCUT2D eigenvalue weighted by Gasteiger charge is 2.13. The van der Waals surface area contributed by atoms with E-state index in [1.54, 1.807) is 23.1 Å². The molecule has 1 aromatic rings. The molecule has 1 N–H and O–H groups in total. The summed E-state index contributed by atoms with van der Waals surface area (Å²) < 4.78 is 0.720. The topological polar surface area (TPSA) is 49.4 Å². The van der Waals surface area contributed by atoms with Gasteiger partial charge in [-0.25, -0.2) is 0 Å². The first-order valence-electron chi connectivity index (χ1n) is 5.90. The third-order valence-corrected chi connectivity index (χ3v) is 3.33. The number of amides is 2. The Bertz CT molecular complexity index is 431. The van der Waals surface area contributed by atoms with Crippen LogP contribution in [-0.2, 0) is 4.79 Å². The van der Waals surface area contributed by atoms with Gasteiger partial charge >= 0.3 is 0 Å². The standard InChI is InChI=1S/C13H17BrN2O2/c1-3-16(4-2)12(17)9-15-13(18)10-7-5-6-8-11(10)14/h5-8H,3-4,9H2,1-2H3,(H,15,18). The molecule has 0 spiro atoms. The van der Waals surface area contributed by atoms with Crippen molar-refractivity contribution in [1.82, 2.24) is 10.2 Å². The summed E-state index contributed by atoms with van der Waals surface area (Å²) in [5.74, 6) is -0.316. The Balaban J connectivity index is 2.57. The molecule has 4 nitrogen and oxygen atoms in total. The van der Waals surface area contributed by atoms with Gasteiger partial charge in [-0.15, -0.1) is 0 Å². The molecule has 2 amide bonds. The number of likely N-dealkylation sites (N-methyl/N-ethyl adjacent to an activating group) is 1. The first kappa shape index (κ1) is 14.7. The Morgan fingerprint density at radius 1 is 1.22 bits per heavy atom. The van der Waals surface area contributed by atoms with E-state index in [0.29, 0.717) is 18.7 Å². The second kappa shape index (κ2) is 7.16. The van der Waals surface area contributed by atoms with Crippen LogP contribution >= 0.6 is 15.9 Å². The molecule has 0 aromatic heterocycles. The quantitative estimate of drug-likeness (QED) is 0.904. The molecule has 0 heterocycles. The van der Waals surface area contributed by atoms with Crippen molar-refractivity contribution in [2.45, 2.75) is 13.8 Å². The summed E-state index contributed by atoms with van der Waals surface area (Å²) in [6, 6.07) is 7.12. The Morgan fingerprint density at radius 2 is 1.83 bits per heavy atom. The maximum atomic E-state index is 11.9. The predicted octanol–water partition coefficient (Wildman–Crippen LogP) is 2.05. The van der Waals surface area contributed by atoms with Crippen molar-refractivity contribution in [3.8, 4) is 0 Å². The molecule has 18 heavy (non-hydrogen) atoms. The number of rotatable bonds is 5. The number of hydrogen-bond donors (Lipinski definition) is 1. The van der Waals surface area contributed by atoms with E-state index in [-0.39, 0.29) is 18.4 Å². The highest BCUT2D eigenvalue weighted by Crippen LogP contribution is 2.15. The van der Waals surface area contributed by atoms with Crippen molar-refractivity contribution in [3.63, 3.8) is 0 Å². The van der Waals surface area contributed by atoms with Crippen molar-refractivity contribution >= 4 is 27.7 Å². The van der Waals surface area contributed by atoms with Crippen LogP contribution in [0.2, 0.25) is 0 Å². The van der Waals surface area contributed by atoms with Crippen molar-refractivity contribution < 1.29 is 9.59 Å². The molecule has 0 aliphatic heterocycles. The van der Waals surface area contributed by atoms with Gasteiger partial charge < -0.3 is 10.2 Å². The van der Waals surface area contributed by atoms with Gasteiger partial charge in [0.05, 0.1) is 12.1 Å². The summed E-state index contributed by atoms with van der Waals surface area (Å²) in [5, 5.41) is 2.63. The molecule has 0 radical (unpaired) electrons. The maximum absolute atomic E-state index is 11.9. The SMILES string of the molecule is CCN(CC)C(=O)CNC(=O)c1ccccc1Br. The maximum Gasteiger partial charge on any atom is 0.252 e. The number of halogens is 1. The van der Waals surface area contributed by atoms with E-state index >= 15 is 0 Å². The fourth-order valence-corrected chi connectivity index (χ4v) is 2.05. The van der Waals surface area contributed by atoms with Crippen LogP contribution in [0.5, 0.6) is 0 Å². The third kappa shape index (κ3) is 3.84. The van der Waals surface area contributed by atoms with Gasteiger partial charge in [0.1, 0.15) is 0 Å². The zero-order valence-corrected chi connectivity index (χ0v) is 12.2. The van der Waals surface area contributed by atoms with Crippen LogP contribution in [0.3, 0.4) is 0 Å². The van der Waals surface area contributed by atoms with Crippen LogP contribution in [0.1, 0.15) is 24.2 Å². The number of carbonyl (C=O) groups excluding carboxylic acids is 2. The van der Waals surface area contributed by atoms with Gasteiger partial charge in [0.2, 0.25) is 5.91 Å². The predicted molar refractivity (Wildman–Crippen MR) is 74.4 cm³/mol. The molecular weight excluding hydrogens is 296 g/mol. The Labute approximate surface area is 115 Å². The minimum atomic E-state index is -0.247. The summed E-state index contributed by atoms with van der Waals surface area (Å²) in [4.78, 5) is 25.3. The molecule has 0 unspecified atom stereocenters. The summed E-state index contributed by atoms with van der Waals surface area (Å²) in [6.45, 7) is 5.16. The minimum Gasteiger partial charge on any atom is -0.343 e. The van der Waals surface area contributed by atoms with Gasteiger partial charge in [-0.3, -0.25) is 9.59 Å². The number of nitrogens with zero attached hydrogens (tertiary/aromatic N) is 1. The lowest BCUT2D eigenvalue weighted by Gasteiger charge is -2.18. The molecular formula is C13H17BrN2O2. The smallest absolute Gasteiger partial charge is 0.252 e. The molecule has 0 fully saturated rings. The molecule has 0 atom stereocenters. The van der Waals surface area contributed by atoms with E-state index in [9.17, 15) is 9.59 Å². The van der Waals surface area contributed by atoms with E-state index in [2.05, 4.69) is 21.2 Å². The molecule has 98 valence electrons. The molecule has 1 aromatic carbocycles. The van der Waals surface area contributed by atoms with E-state index in [1.807, 2.05) is 19.9 Å². The van der Waals surface area contributed by atoms with Crippen LogP contribution in [0, 0.1) is 0 Å². The second-order valence-electron chi connectivity index (χ2n) is 3.73. The fraction of sp³-hybridized carbons (Fsp3) is 0.385.